The molecule has 2 amide bonds. The number of aryl methyl sites for hydroxylation is 1. The minimum absolute atomic E-state index is 0.0285. The van der Waals surface area contributed by atoms with Gasteiger partial charge in [0.25, 0.3) is 0 Å². The summed E-state index contributed by atoms with van der Waals surface area (Å²) in [5.74, 6) is -0.837. The van der Waals surface area contributed by atoms with Crippen LogP contribution in [0.25, 0.3) is 0 Å². The van der Waals surface area contributed by atoms with Crippen molar-refractivity contribution in [1.82, 2.24) is 0 Å². The molecule has 2 aromatic carbocycles. The SMILES string of the molecule is CCCc1ccc(N2CC(C(=O)Nc3ccc(S(N)(=O)=O)cc3)CC2=O)cc1. The number of primary sulfonamides is 1. The number of nitrogens with zero attached hydrogens (tertiary/aromatic N) is 1. The molecule has 1 aliphatic rings. The smallest absolute Gasteiger partial charge is 0.238 e. The number of sulfonamides is 1. The summed E-state index contributed by atoms with van der Waals surface area (Å²) in [6.07, 6.45) is 2.18. The van der Waals surface area contributed by atoms with E-state index in [0.29, 0.717) is 12.2 Å². The lowest BCUT2D eigenvalue weighted by molar-refractivity contribution is -0.122. The van der Waals surface area contributed by atoms with Gasteiger partial charge in [-0.15, -0.1) is 0 Å². The second-order valence-electron chi connectivity index (χ2n) is 6.88. The van der Waals surface area contributed by atoms with Gasteiger partial charge in [0.2, 0.25) is 21.8 Å². The van der Waals surface area contributed by atoms with Crippen LogP contribution in [-0.2, 0) is 26.0 Å². The number of carbonyl (C=O) groups is 2. The van der Waals surface area contributed by atoms with Crippen LogP contribution in [0.5, 0.6) is 0 Å². The Morgan fingerprint density at radius 1 is 1.14 bits per heavy atom. The number of amides is 2. The van der Waals surface area contributed by atoms with Crippen LogP contribution in [0, 0.1) is 5.92 Å². The zero-order valence-corrected chi connectivity index (χ0v) is 16.4. The van der Waals surface area contributed by atoms with E-state index in [9.17, 15) is 18.0 Å². The molecule has 0 radical (unpaired) electrons. The standard InChI is InChI=1S/C20H23N3O4S/c1-2-3-14-4-8-17(9-5-14)23-13-15(12-19(23)24)20(25)22-16-6-10-18(11-7-16)28(21,26)27/h4-11,15H,2-3,12-13H2,1H3,(H,22,25)(H2,21,26,27). The van der Waals surface area contributed by atoms with Crippen molar-refractivity contribution in [2.75, 3.05) is 16.8 Å². The molecule has 28 heavy (non-hydrogen) atoms. The maximum Gasteiger partial charge on any atom is 0.238 e. The van der Waals surface area contributed by atoms with Crippen molar-refractivity contribution in [3.05, 3.63) is 54.1 Å². The number of nitrogens with two attached hydrogens (primary N) is 1. The molecule has 0 aliphatic carbocycles. The molecule has 2 aromatic rings. The zero-order valence-electron chi connectivity index (χ0n) is 15.6. The molecule has 1 saturated heterocycles. The van der Waals surface area contributed by atoms with Gasteiger partial charge in [-0.05, 0) is 48.4 Å². The van der Waals surface area contributed by atoms with Gasteiger partial charge in [-0.2, -0.15) is 0 Å². The van der Waals surface area contributed by atoms with Gasteiger partial charge in [0.1, 0.15) is 0 Å². The Balaban J connectivity index is 1.65. The topological polar surface area (TPSA) is 110 Å². The fourth-order valence-electron chi connectivity index (χ4n) is 3.24. The molecule has 3 rings (SSSR count). The van der Waals surface area contributed by atoms with E-state index < -0.39 is 15.9 Å². The molecule has 3 N–H and O–H groups in total. The summed E-state index contributed by atoms with van der Waals surface area (Å²) in [5, 5.41) is 7.79. The van der Waals surface area contributed by atoms with E-state index in [1.165, 1.54) is 29.8 Å². The predicted octanol–water partition coefficient (Wildman–Crippen LogP) is 2.28. The van der Waals surface area contributed by atoms with Crippen molar-refractivity contribution in [3.63, 3.8) is 0 Å². The van der Waals surface area contributed by atoms with Crippen LogP contribution in [0.3, 0.4) is 0 Å². The molecule has 0 saturated carbocycles. The van der Waals surface area contributed by atoms with E-state index >= 15 is 0 Å². The Morgan fingerprint density at radius 3 is 2.36 bits per heavy atom. The van der Waals surface area contributed by atoms with E-state index in [4.69, 9.17) is 5.14 Å². The molecule has 0 aromatic heterocycles. The molecule has 1 aliphatic heterocycles. The molecule has 8 heteroatoms. The highest BCUT2D eigenvalue weighted by Gasteiger charge is 2.35. The van der Waals surface area contributed by atoms with Crippen LogP contribution < -0.4 is 15.4 Å². The maximum absolute atomic E-state index is 12.5. The summed E-state index contributed by atoms with van der Waals surface area (Å²) in [7, 11) is -3.78. The fourth-order valence-corrected chi connectivity index (χ4v) is 3.75. The Bertz CT molecular complexity index is 970. The first-order chi connectivity index (χ1) is 13.3. The van der Waals surface area contributed by atoms with Gasteiger partial charge in [0.15, 0.2) is 0 Å². The first kappa shape index (κ1) is 20.0. The van der Waals surface area contributed by atoms with Crippen molar-refractivity contribution >= 4 is 33.2 Å². The summed E-state index contributed by atoms with van der Waals surface area (Å²) in [6, 6.07) is 13.4. The molecule has 0 bridgehead atoms. The van der Waals surface area contributed by atoms with E-state index in [1.807, 2.05) is 24.3 Å². The summed E-state index contributed by atoms with van der Waals surface area (Å²) in [4.78, 5) is 26.5. The molecule has 7 nitrogen and oxygen atoms in total. The summed E-state index contributed by atoms with van der Waals surface area (Å²) in [5.41, 5.74) is 2.46. The predicted molar refractivity (Wildman–Crippen MR) is 107 cm³/mol. The lowest BCUT2D eigenvalue weighted by atomic mass is 10.1. The van der Waals surface area contributed by atoms with E-state index in [1.54, 1.807) is 4.90 Å². The summed E-state index contributed by atoms with van der Waals surface area (Å²) in [6.45, 7) is 2.43. The van der Waals surface area contributed by atoms with Crippen molar-refractivity contribution in [3.8, 4) is 0 Å². The van der Waals surface area contributed by atoms with Crippen LogP contribution in [-0.4, -0.2) is 26.8 Å². The second kappa shape index (κ2) is 8.12. The number of hydrogen-bond acceptors (Lipinski definition) is 4. The highest BCUT2D eigenvalue weighted by molar-refractivity contribution is 7.89. The number of rotatable bonds is 6. The normalized spacial score (nSPS) is 17.0. The van der Waals surface area contributed by atoms with Crippen molar-refractivity contribution < 1.29 is 18.0 Å². The lowest BCUT2D eigenvalue weighted by Crippen LogP contribution is -2.28. The minimum Gasteiger partial charge on any atom is -0.326 e. The fraction of sp³-hybridized carbons (Fsp3) is 0.300. The highest BCUT2D eigenvalue weighted by Crippen LogP contribution is 2.26. The van der Waals surface area contributed by atoms with Gasteiger partial charge < -0.3 is 10.2 Å². The number of nitrogens with one attached hydrogen (secondary N) is 1. The third-order valence-electron chi connectivity index (χ3n) is 4.73. The summed E-state index contributed by atoms with van der Waals surface area (Å²) < 4.78 is 22.6. The minimum atomic E-state index is -3.78. The second-order valence-corrected chi connectivity index (χ2v) is 8.44. The number of carbonyl (C=O) groups excluding carboxylic acids is 2. The van der Waals surface area contributed by atoms with Crippen LogP contribution in [0.2, 0.25) is 0 Å². The van der Waals surface area contributed by atoms with Crippen LogP contribution in [0.1, 0.15) is 25.3 Å². The molecule has 1 unspecified atom stereocenters. The van der Waals surface area contributed by atoms with Crippen LogP contribution in [0.15, 0.2) is 53.4 Å². The number of anilines is 2. The van der Waals surface area contributed by atoms with Crippen molar-refractivity contribution in [2.45, 2.75) is 31.1 Å². The largest absolute Gasteiger partial charge is 0.326 e. The third-order valence-corrected chi connectivity index (χ3v) is 5.66. The molecule has 0 spiro atoms. The maximum atomic E-state index is 12.5. The Labute approximate surface area is 164 Å². The van der Waals surface area contributed by atoms with Gasteiger partial charge in [-0.3, -0.25) is 9.59 Å². The van der Waals surface area contributed by atoms with Gasteiger partial charge in [0, 0.05) is 24.3 Å². The van der Waals surface area contributed by atoms with E-state index in [-0.39, 0.29) is 23.1 Å². The molecule has 1 atom stereocenters. The van der Waals surface area contributed by atoms with E-state index in [2.05, 4.69) is 12.2 Å². The van der Waals surface area contributed by atoms with Crippen molar-refractivity contribution in [1.29, 1.82) is 0 Å². The van der Waals surface area contributed by atoms with E-state index in [0.717, 1.165) is 18.5 Å². The average Bonchev–Trinajstić information content (AvgIpc) is 3.04. The monoisotopic (exact) mass is 401 g/mol. The zero-order chi connectivity index (χ0) is 20.3. The van der Waals surface area contributed by atoms with Crippen LogP contribution in [0.4, 0.5) is 11.4 Å². The van der Waals surface area contributed by atoms with Gasteiger partial charge >= 0.3 is 0 Å². The highest BCUT2D eigenvalue weighted by atomic mass is 32.2. The van der Waals surface area contributed by atoms with Gasteiger partial charge in [-0.25, -0.2) is 13.6 Å². The Kier molecular flexibility index (Phi) is 5.81. The van der Waals surface area contributed by atoms with Gasteiger partial charge in [0.05, 0.1) is 10.8 Å². The lowest BCUT2D eigenvalue weighted by Gasteiger charge is -2.17. The quantitative estimate of drug-likeness (QED) is 0.774. The molecule has 1 fully saturated rings. The Morgan fingerprint density at radius 2 is 1.79 bits per heavy atom. The molecule has 1 heterocycles. The molecule has 148 valence electrons. The van der Waals surface area contributed by atoms with Gasteiger partial charge in [-0.1, -0.05) is 25.5 Å². The first-order valence-electron chi connectivity index (χ1n) is 9.11. The molecular formula is C20H23N3O4S. The summed E-state index contributed by atoms with van der Waals surface area (Å²) >= 11 is 0. The third kappa shape index (κ3) is 4.58. The Hall–Kier alpha value is -2.71. The number of benzene rings is 2. The average molecular weight is 401 g/mol. The number of hydrogen-bond donors (Lipinski definition) is 2. The van der Waals surface area contributed by atoms with Crippen LogP contribution >= 0.6 is 0 Å². The molecular weight excluding hydrogens is 378 g/mol. The first-order valence-corrected chi connectivity index (χ1v) is 10.7. The van der Waals surface area contributed by atoms with Crippen molar-refractivity contribution in [2.24, 2.45) is 11.1 Å².